The van der Waals surface area contributed by atoms with E-state index >= 15 is 0 Å². The standard InChI is InChI=1S/C18H10I4/c19-15-5-13(6-16(20)9-15)11-2-1-3-12(4-11)14-7-17(21)10-18(22)8-14/h1-10H. The molecule has 0 N–H and O–H groups in total. The van der Waals surface area contributed by atoms with Crippen LogP contribution >= 0.6 is 90.4 Å². The summed E-state index contributed by atoms with van der Waals surface area (Å²) >= 11 is 9.52. The molecule has 0 fully saturated rings. The smallest absolute Gasteiger partial charge is 0.0147 e. The molecule has 0 unspecified atom stereocenters. The van der Waals surface area contributed by atoms with Crippen LogP contribution in [0.25, 0.3) is 22.3 Å². The number of halogens is 4. The first-order valence-electron chi connectivity index (χ1n) is 6.54. The van der Waals surface area contributed by atoms with E-state index in [0.717, 1.165) is 0 Å². The maximum Gasteiger partial charge on any atom is 0.0147 e. The fourth-order valence-corrected chi connectivity index (χ4v) is 6.19. The molecule has 110 valence electrons. The van der Waals surface area contributed by atoms with Gasteiger partial charge in [-0.1, -0.05) is 18.2 Å². The summed E-state index contributed by atoms with van der Waals surface area (Å²) in [6, 6.07) is 22.1. The van der Waals surface area contributed by atoms with Crippen LogP contribution in [0.1, 0.15) is 0 Å². The molecule has 22 heavy (non-hydrogen) atoms. The lowest BCUT2D eigenvalue weighted by Crippen LogP contribution is -1.86. The van der Waals surface area contributed by atoms with Gasteiger partial charge in [-0.25, -0.2) is 0 Å². The molecule has 0 amide bonds. The van der Waals surface area contributed by atoms with E-state index in [-0.39, 0.29) is 0 Å². The molecule has 4 heteroatoms. The van der Waals surface area contributed by atoms with E-state index in [1.807, 2.05) is 0 Å². The summed E-state index contributed by atoms with van der Waals surface area (Å²) in [6.07, 6.45) is 0. The zero-order valence-corrected chi connectivity index (χ0v) is 19.9. The molecule has 0 aliphatic carbocycles. The van der Waals surface area contributed by atoms with E-state index in [0.29, 0.717) is 0 Å². The van der Waals surface area contributed by atoms with Crippen molar-refractivity contribution in [2.24, 2.45) is 0 Å². The second-order valence-electron chi connectivity index (χ2n) is 4.90. The Morgan fingerprint density at radius 3 is 1.14 bits per heavy atom. The van der Waals surface area contributed by atoms with Gasteiger partial charge in [-0.15, -0.1) is 0 Å². The molecule has 0 aromatic heterocycles. The Labute approximate surface area is 185 Å². The van der Waals surface area contributed by atoms with Gasteiger partial charge in [0.05, 0.1) is 0 Å². The van der Waals surface area contributed by atoms with Gasteiger partial charge >= 0.3 is 0 Å². The quantitative estimate of drug-likeness (QED) is 0.241. The third-order valence-corrected chi connectivity index (χ3v) is 5.75. The van der Waals surface area contributed by atoms with Gasteiger partial charge in [-0.3, -0.25) is 0 Å². The summed E-state index contributed by atoms with van der Waals surface area (Å²) in [5.74, 6) is 0. The minimum Gasteiger partial charge on any atom is -0.0610 e. The Balaban J connectivity index is 2.09. The minimum absolute atomic E-state index is 1.27. The maximum atomic E-state index is 2.38. The normalized spacial score (nSPS) is 10.7. The van der Waals surface area contributed by atoms with Gasteiger partial charge in [0.2, 0.25) is 0 Å². The van der Waals surface area contributed by atoms with Crippen LogP contribution in [0.15, 0.2) is 60.7 Å². The van der Waals surface area contributed by atoms with E-state index < -0.39 is 0 Å². The van der Waals surface area contributed by atoms with Crippen molar-refractivity contribution < 1.29 is 0 Å². The highest BCUT2D eigenvalue weighted by molar-refractivity contribution is 14.1. The first-order valence-corrected chi connectivity index (χ1v) is 10.9. The SMILES string of the molecule is Ic1cc(I)cc(-c2cccc(-c3cc(I)cc(I)c3)c2)c1. The summed E-state index contributed by atoms with van der Waals surface area (Å²) in [6.45, 7) is 0. The Kier molecular flexibility index (Phi) is 6.05. The summed E-state index contributed by atoms with van der Waals surface area (Å²) in [5, 5.41) is 0. The summed E-state index contributed by atoms with van der Waals surface area (Å²) in [4.78, 5) is 0. The van der Waals surface area contributed by atoms with Crippen LogP contribution in [0.3, 0.4) is 0 Å². The predicted molar refractivity (Wildman–Crippen MR) is 128 cm³/mol. The average molecular weight is 734 g/mol. The molecule has 0 saturated heterocycles. The van der Waals surface area contributed by atoms with Crippen molar-refractivity contribution in [1.82, 2.24) is 0 Å². The van der Waals surface area contributed by atoms with Crippen molar-refractivity contribution >= 4 is 90.4 Å². The number of rotatable bonds is 2. The van der Waals surface area contributed by atoms with E-state index in [4.69, 9.17) is 0 Å². The summed E-state index contributed by atoms with van der Waals surface area (Å²) in [5.41, 5.74) is 5.09. The van der Waals surface area contributed by atoms with Crippen LogP contribution in [-0.4, -0.2) is 0 Å². The van der Waals surface area contributed by atoms with Crippen molar-refractivity contribution in [1.29, 1.82) is 0 Å². The Morgan fingerprint density at radius 1 is 0.409 bits per heavy atom. The van der Waals surface area contributed by atoms with Crippen molar-refractivity contribution in [2.45, 2.75) is 0 Å². The molecule has 0 atom stereocenters. The molecule has 3 aromatic rings. The number of hydrogen-bond acceptors (Lipinski definition) is 0. The van der Waals surface area contributed by atoms with Gasteiger partial charge in [0.1, 0.15) is 0 Å². The molecule has 0 saturated carbocycles. The average Bonchev–Trinajstić information content (AvgIpc) is 2.45. The van der Waals surface area contributed by atoms with Crippen LogP contribution in [-0.2, 0) is 0 Å². The van der Waals surface area contributed by atoms with Crippen molar-refractivity contribution in [3.63, 3.8) is 0 Å². The molecule has 0 aliphatic rings. The third-order valence-electron chi connectivity index (χ3n) is 3.25. The van der Waals surface area contributed by atoms with Gasteiger partial charge in [-0.05, 0) is 155 Å². The summed E-state index contributed by atoms with van der Waals surface area (Å²) in [7, 11) is 0. The highest BCUT2D eigenvalue weighted by Crippen LogP contribution is 2.30. The molecule has 0 radical (unpaired) electrons. The van der Waals surface area contributed by atoms with Gasteiger partial charge in [0.25, 0.3) is 0 Å². The van der Waals surface area contributed by atoms with E-state index in [1.165, 1.54) is 36.5 Å². The lowest BCUT2D eigenvalue weighted by molar-refractivity contribution is 1.53. The molecule has 0 spiro atoms. The Morgan fingerprint density at radius 2 is 0.773 bits per heavy atom. The van der Waals surface area contributed by atoms with Crippen LogP contribution in [0.4, 0.5) is 0 Å². The maximum absolute atomic E-state index is 2.38. The van der Waals surface area contributed by atoms with Crippen molar-refractivity contribution in [2.75, 3.05) is 0 Å². The lowest BCUT2D eigenvalue weighted by atomic mass is 9.99. The van der Waals surface area contributed by atoms with E-state index in [9.17, 15) is 0 Å². The fourth-order valence-electron chi connectivity index (χ4n) is 2.32. The van der Waals surface area contributed by atoms with Gasteiger partial charge in [0.15, 0.2) is 0 Å². The largest absolute Gasteiger partial charge is 0.0610 e. The predicted octanol–water partition coefficient (Wildman–Crippen LogP) is 7.44. The van der Waals surface area contributed by atoms with Crippen molar-refractivity contribution in [3.8, 4) is 22.3 Å². The zero-order valence-electron chi connectivity index (χ0n) is 11.3. The van der Waals surface area contributed by atoms with Gasteiger partial charge < -0.3 is 0 Å². The molecule has 3 rings (SSSR count). The molecule has 0 aliphatic heterocycles. The van der Waals surface area contributed by atoms with Crippen LogP contribution in [0, 0.1) is 14.3 Å². The molecular weight excluding hydrogens is 724 g/mol. The number of hydrogen-bond donors (Lipinski definition) is 0. The van der Waals surface area contributed by atoms with E-state index in [1.54, 1.807) is 0 Å². The molecule has 0 nitrogen and oxygen atoms in total. The zero-order chi connectivity index (χ0) is 15.7. The summed E-state index contributed by atoms with van der Waals surface area (Å²) < 4.78 is 5.09. The third kappa shape index (κ3) is 4.35. The highest BCUT2D eigenvalue weighted by atomic mass is 127. The monoisotopic (exact) mass is 734 g/mol. The second-order valence-corrected chi connectivity index (χ2v) is 9.88. The Hall–Kier alpha value is 0.580. The lowest BCUT2D eigenvalue weighted by Gasteiger charge is -2.08. The highest BCUT2D eigenvalue weighted by Gasteiger charge is 2.05. The first kappa shape index (κ1) is 17.4. The molecule has 3 aromatic carbocycles. The van der Waals surface area contributed by atoms with Crippen molar-refractivity contribution in [3.05, 3.63) is 74.9 Å². The van der Waals surface area contributed by atoms with Crippen LogP contribution in [0.5, 0.6) is 0 Å². The van der Waals surface area contributed by atoms with Crippen LogP contribution in [0.2, 0.25) is 0 Å². The molecule has 0 heterocycles. The molecular formula is C18H10I4. The Bertz CT molecular complexity index is 733. The second kappa shape index (κ2) is 7.64. The first-order chi connectivity index (χ1) is 10.5. The van der Waals surface area contributed by atoms with Gasteiger partial charge in [0, 0.05) is 14.3 Å². The van der Waals surface area contributed by atoms with E-state index in [2.05, 4.69) is 151 Å². The molecule has 0 bridgehead atoms. The topological polar surface area (TPSA) is 0 Å². The fraction of sp³-hybridized carbons (Fsp3) is 0. The van der Waals surface area contributed by atoms with Gasteiger partial charge in [-0.2, -0.15) is 0 Å². The minimum atomic E-state index is 1.27. The van der Waals surface area contributed by atoms with Crippen LogP contribution < -0.4 is 0 Å². The number of benzene rings is 3.